The van der Waals surface area contributed by atoms with Crippen molar-refractivity contribution in [1.29, 1.82) is 0 Å². The Morgan fingerprint density at radius 3 is 2.58 bits per heavy atom. The zero-order valence-corrected chi connectivity index (χ0v) is 21.6. The molecule has 0 saturated carbocycles. The molecule has 3 aromatic rings. The van der Waals surface area contributed by atoms with Crippen LogP contribution in [0.2, 0.25) is 0 Å². The number of nitrogens with zero attached hydrogens (tertiary/aromatic N) is 2. The third-order valence-corrected chi connectivity index (χ3v) is 7.18. The third kappa shape index (κ3) is 5.87. The molecule has 6 nitrogen and oxygen atoms in total. The van der Waals surface area contributed by atoms with Crippen LogP contribution in [0, 0.1) is 11.7 Å². The van der Waals surface area contributed by atoms with Gasteiger partial charge in [0.1, 0.15) is 18.9 Å². The van der Waals surface area contributed by atoms with E-state index in [9.17, 15) is 14.0 Å². The Labute approximate surface area is 215 Å². The molecule has 8 heteroatoms. The summed E-state index contributed by atoms with van der Waals surface area (Å²) in [5.74, 6) is 0.206. The molecule has 2 heterocycles. The number of ether oxygens (including phenoxy) is 2. The van der Waals surface area contributed by atoms with E-state index < -0.39 is 5.82 Å². The summed E-state index contributed by atoms with van der Waals surface area (Å²) in [4.78, 5) is 31.5. The van der Waals surface area contributed by atoms with Crippen molar-refractivity contribution in [3.63, 3.8) is 0 Å². The Kier molecular flexibility index (Phi) is 8.25. The van der Waals surface area contributed by atoms with Gasteiger partial charge in [0.25, 0.3) is 5.91 Å². The summed E-state index contributed by atoms with van der Waals surface area (Å²) in [5.41, 5.74) is 1.52. The van der Waals surface area contributed by atoms with Gasteiger partial charge in [-0.1, -0.05) is 26.0 Å². The first-order chi connectivity index (χ1) is 17.4. The Morgan fingerprint density at radius 2 is 1.89 bits per heavy atom. The zero-order chi connectivity index (χ0) is 25.7. The highest BCUT2D eigenvalue weighted by Crippen LogP contribution is 2.34. The average molecular weight is 511 g/mol. The van der Waals surface area contributed by atoms with Crippen LogP contribution >= 0.6 is 11.3 Å². The molecular formula is C28H31FN2O4S. The van der Waals surface area contributed by atoms with Crippen LogP contribution in [-0.2, 0) is 11.2 Å². The van der Waals surface area contributed by atoms with Gasteiger partial charge in [-0.2, -0.15) is 0 Å². The molecule has 0 N–H and O–H groups in total. The summed E-state index contributed by atoms with van der Waals surface area (Å²) in [6.45, 7) is 5.09. The minimum atomic E-state index is -0.440. The number of halogens is 1. The Bertz CT molecular complexity index is 1190. The molecule has 0 fully saturated rings. The molecule has 0 saturated heterocycles. The molecular weight excluding hydrogens is 479 g/mol. The van der Waals surface area contributed by atoms with Crippen molar-refractivity contribution >= 4 is 23.2 Å². The molecule has 1 aliphatic rings. The van der Waals surface area contributed by atoms with Gasteiger partial charge in [0, 0.05) is 23.5 Å². The van der Waals surface area contributed by atoms with Crippen molar-refractivity contribution in [2.75, 3.05) is 33.4 Å². The molecule has 0 unspecified atom stereocenters. The van der Waals surface area contributed by atoms with Gasteiger partial charge in [-0.3, -0.25) is 9.59 Å². The molecule has 0 spiro atoms. The molecule has 0 bridgehead atoms. The first-order valence-electron chi connectivity index (χ1n) is 12.0. The van der Waals surface area contributed by atoms with Gasteiger partial charge in [-0.05, 0) is 65.7 Å². The van der Waals surface area contributed by atoms with Crippen molar-refractivity contribution in [3.05, 3.63) is 81.8 Å². The smallest absolute Gasteiger partial charge is 0.254 e. The van der Waals surface area contributed by atoms with E-state index in [1.165, 1.54) is 10.9 Å². The molecule has 1 atom stereocenters. The molecule has 2 amide bonds. The second-order valence-corrected chi connectivity index (χ2v) is 10.2. The van der Waals surface area contributed by atoms with Crippen LogP contribution < -0.4 is 9.47 Å². The standard InChI is InChI=1S/C28H31FN2O4S/c1-19(2)16-30(28(33)20-8-10-21(34-3)11-9-20)17-27(32)31-14-12-26-22(13-15-36-26)24(31)18-35-25-7-5-4-6-23(25)29/h4-11,13,15,19,24H,12,14,16-18H2,1-3H3/t24-/m0/s1. The number of para-hydroxylation sites is 1. The van der Waals surface area contributed by atoms with Gasteiger partial charge in [0.15, 0.2) is 11.6 Å². The van der Waals surface area contributed by atoms with E-state index in [0.717, 1.165) is 12.0 Å². The van der Waals surface area contributed by atoms with Gasteiger partial charge >= 0.3 is 0 Å². The second kappa shape index (κ2) is 11.6. The summed E-state index contributed by atoms with van der Waals surface area (Å²) in [5, 5.41) is 2.01. The lowest BCUT2D eigenvalue weighted by Crippen LogP contribution is -2.48. The molecule has 1 aliphatic heterocycles. The van der Waals surface area contributed by atoms with E-state index in [2.05, 4.69) is 0 Å². The minimum absolute atomic E-state index is 0.0429. The normalized spacial score (nSPS) is 14.9. The van der Waals surface area contributed by atoms with E-state index in [4.69, 9.17) is 9.47 Å². The maximum Gasteiger partial charge on any atom is 0.254 e. The van der Waals surface area contributed by atoms with Crippen molar-refractivity contribution in [3.8, 4) is 11.5 Å². The Balaban J connectivity index is 1.53. The monoisotopic (exact) mass is 510 g/mol. The number of amides is 2. The molecule has 4 rings (SSSR count). The molecule has 190 valence electrons. The van der Waals surface area contributed by atoms with E-state index >= 15 is 0 Å². The van der Waals surface area contributed by atoms with Crippen molar-refractivity contribution < 1.29 is 23.5 Å². The summed E-state index contributed by atoms with van der Waals surface area (Å²) in [6.07, 6.45) is 0.742. The van der Waals surface area contributed by atoms with Gasteiger partial charge in [-0.15, -0.1) is 11.3 Å². The van der Waals surface area contributed by atoms with Crippen molar-refractivity contribution in [2.24, 2.45) is 5.92 Å². The summed E-state index contributed by atoms with van der Waals surface area (Å²) in [7, 11) is 1.57. The van der Waals surface area contributed by atoms with E-state index in [0.29, 0.717) is 24.4 Å². The first-order valence-corrected chi connectivity index (χ1v) is 12.9. The van der Waals surface area contributed by atoms with Crippen LogP contribution in [0.3, 0.4) is 0 Å². The largest absolute Gasteiger partial charge is 0.497 e. The summed E-state index contributed by atoms with van der Waals surface area (Å²) >= 11 is 1.65. The highest BCUT2D eigenvalue weighted by Gasteiger charge is 2.34. The van der Waals surface area contributed by atoms with E-state index in [-0.39, 0.29) is 42.7 Å². The number of methoxy groups -OCH3 is 1. The fourth-order valence-electron chi connectivity index (χ4n) is 4.44. The minimum Gasteiger partial charge on any atom is -0.497 e. The lowest BCUT2D eigenvalue weighted by atomic mass is 10.00. The highest BCUT2D eigenvalue weighted by atomic mass is 32.1. The number of hydrogen-bond acceptors (Lipinski definition) is 5. The maximum absolute atomic E-state index is 14.2. The van der Waals surface area contributed by atoms with Gasteiger partial charge in [-0.25, -0.2) is 4.39 Å². The topological polar surface area (TPSA) is 59.1 Å². The van der Waals surface area contributed by atoms with Crippen molar-refractivity contribution in [1.82, 2.24) is 9.80 Å². The van der Waals surface area contributed by atoms with Crippen LogP contribution in [-0.4, -0.2) is 55.0 Å². The molecule has 0 aliphatic carbocycles. The molecule has 1 aromatic heterocycles. The maximum atomic E-state index is 14.2. The predicted molar refractivity (Wildman–Crippen MR) is 138 cm³/mol. The van der Waals surface area contributed by atoms with Crippen molar-refractivity contribution in [2.45, 2.75) is 26.3 Å². The van der Waals surface area contributed by atoms with Gasteiger partial charge < -0.3 is 19.3 Å². The third-order valence-electron chi connectivity index (χ3n) is 6.18. The van der Waals surface area contributed by atoms with Crippen LogP contribution in [0.5, 0.6) is 11.5 Å². The number of carbonyl (C=O) groups excluding carboxylic acids is 2. The fourth-order valence-corrected chi connectivity index (χ4v) is 5.36. The Morgan fingerprint density at radius 1 is 1.14 bits per heavy atom. The number of thiophene rings is 1. The zero-order valence-electron chi connectivity index (χ0n) is 20.8. The summed E-state index contributed by atoms with van der Waals surface area (Å²) in [6, 6.07) is 14.8. The quantitative estimate of drug-likeness (QED) is 0.397. The van der Waals surface area contributed by atoms with Crippen LogP contribution in [0.25, 0.3) is 0 Å². The SMILES string of the molecule is COc1ccc(C(=O)N(CC(=O)N2CCc3sccc3[C@@H]2COc2ccccc2F)CC(C)C)cc1. The number of carbonyl (C=O) groups is 2. The average Bonchev–Trinajstić information content (AvgIpc) is 3.36. The van der Waals surface area contributed by atoms with Crippen LogP contribution in [0.4, 0.5) is 4.39 Å². The predicted octanol–water partition coefficient (Wildman–Crippen LogP) is 5.20. The molecule has 36 heavy (non-hydrogen) atoms. The number of fused-ring (bicyclic) bond motifs is 1. The van der Waals surface area contributed by atoms with Gasteiger partial charge in [0.2, 0.25) is 5.91 Å². The van der Waals surface area contributed by atoms with Crippen LogP contribution in [0.1, 0.15) is 40.7 Å². The van der Waals surface area contributed by atoms with E-state index in [1.807, 2.05) is 25.3 Å². The highest BCUT2D eigenvalue weighted by molar-refractivity contribution is 7.10. The molecule has 2 aromatic carbocycles. The number of benzene rings is 2. The van der Waals surface area contributed by atoms with Gasteiger partial charge in [0.05, 0.1) is 13.2 Å². The van der Waals surface area contributed by atoms with E-state index in [1.54, 1.807) is 70.7 Å². The second-order valence-electron chi connectivity index (χ2n) is 9.20. The summed E-state index contributed by atoms with van der Waals surface area (Å²) < 4.78 is 25.2. The fraction of sp³-hybridized carbons (Fsp3) is 0.357. The number of rotatable bonds is 9. The lowest BCUT2D eigenvalue weighted by Gasteiger charge is -2.37. The molecule has 0 radical (unpaired) electrons. The first kappa shape index (κ1) is 25.7. The number of hydrogen-bond donors (Lipinski definition) is 0. The van der Waals surface area contributed by atoms with Crippen LogP contribution in [0.15, 0.2) is 60.0 Å². The lowest BCUT2D eigenvalue weighted by molar-refractivity contribution is -0.135. The Hall–Kier alpha value is -3.39.